The standard InChI is InChI=1S/C20H26N4O5S2/c1-4-24(14-9-10-31(26,27)12-14)19(25)13(2)30-20-22-21-18(23(20)3)17-11-28-15-7-5-6-8-16(15)29-17/h5-8,13-14,17H,4,9-12H2,1-3H3/t13-,14-,17-/m0/s1. The maximum Gasteiger partial charge on any atom is 0.236 e. The zero-order valence-corrected chi connectivity index (χ0v) is 19.4. The van der Waals surface area contributed by atoms with Crippen LogP contribution in [-0.2, 0) is 21.7 Å². The minimum Gasteiger partial charge on any atom is -0.485 e. The summed E-state index contributed by atoms with van der Waals surface area (Å²) < 4.78 is 37.3. The molecule has 3 atom stereocenters. The van der Waals surface area contributed by atoms with Gasteiger partial charge in [-0.25, -0.2) is 8.42 Å². The SMILES string of the molecule is CCN(C(=O)[C@H](C)Sc1nnc([C@@H]2COc3ccccc3O2)n1C)[C@H]1CCS(=O)(=O)C1. The third-order valence-electron chi connectivity index (χ3n) is 5.57. The van der Waals surface area contributed by atoms with Crippen molar-refractivity contribution >= 4 is 27.5 Å². The number of thioether (sulfide) groups is 1. The number of carbonyl (C=O) groups is 1. The highest BCUT2D eigenvalue weighted by Crippen LogP contribution is 2.36. The molecule has 2 aromatic rings. The van der Waals surface area contributed by atoms with E-state index in [2.05, 4.69) is 10.2 Å². The Morgan fingerprint density at radius 2 is 2.06 bits per heavy atom. The van der Waals surface area contributed by atoms with E-state index < -0.39 is 21.2 Å². The van der Waals surface area contributed by atoms with Crippen LogP contribution in [-0.4, -0.2) is 69.9 Å². The summed E-state index contributed by atoms with van der Waals surface area (Å²) in [6.07, 6.45) is 0.0945. The number of benzene rings is 1. The Hall–Kier alpha value is -2.27. The molecule has 0 spiro atoms. The number of sulfone groups is 1. The van der Waals surface area contributed by atoms with Crippen molar-refractivity contribution < 1.29 is 22.7 Å². The smallest absolute Gasteiger partial charge is 0.236 e. The van der Waals surface area contributed by atoms with E-state index in [1.807, 2.05) is 49.7 Å². The summed E-state index contributed by atoms with van der Waals surface area (Å²) in [7, 11) is -1.23. The number of amides is 1. The minimum absolute atomic E-state index is 0.0402. The summed E-state index contributed by atoms with van der Waals surface area (Å²) >= 11 is 1.30. The number of fused-ring (bicyclic) bond motifs is 1. The molecule has 0 bridgehead atoms. The van der Waals surface area contributed by atoms with Gasteiger partial charge in [-0.15, -0.1) is 10.2 Å². The Kier molecular flexibility index (Phi) is 6.16. The monoisotopic (exact) mass is 466 g/mol. The highest BCUT2D eigenvalue weighted by Gasteiger charge is 2.36. The number of rotatable bonds is 6. The molecule has 0 N–H and O–H groups in total. The van der Waals surface area contributed by atoms with Crippen LogP contribution in [0, 0.1) is 0 Å². The number of para-hydroxylation sites is 2. The van der Waals surface area contributed by atoms with E-state index in [1.54, 1.807) is 4.90 Å². The molecule has 1 aromatic heterocycles. The van der Waals surface area contributed by atoms with E-state index in [-0.39, 0.29) is 23.5 Å². The molecular weight excluding hydrogens is 440 g/mol. The number of nitrogens with zero attached hydrogens (tertiary/aromatic N) is 4. The first-order valence-corrected chi connectivity index (χ1v) is 12.9. The quantitative estimate of drug-likeness (QED) is 0.594. The first-order valence-electron chi connectivity index (χ1n) is 10.2. The fraction of sp³-hybridized carbons (Fsp3) is 0.550. The first kappa shape index (κ1) is 21.9. The molecule has 0 saturated carbocycles. The van der Waals surface area contributed by atoms with Gasteiger partial charge < -0.3 is 18.9 Å². The van der Waals surface area contributed by atoms with Gasteiger partial charge in [0.15, 0.2) is 38.4 Å². The Morgan fingerprint density at radius 3 is 2.74 bits per heavy atom. The van der Waals surface area contributed by atoms with Crippen LogP contribution in [0.15, 0.2) is 29.4 Å². The van der Waals surface area contributed by atoms with Gasteiger partial charge in [0.1, 0.15) is 6.61 Å². The van der Waals surface area contributed by atoms with Crippen molar-refractivity contribution in [3.05, 3.63) is 30.1 Å². The van der Waals surface area contributed by atoms with Crippen LogP contribution in [0.25, 0.3) is 0 Å². The molecule has 1 saturated heterocycles. The lowest BCUT2D eigenvalue weighted by Gasteiger charge is -2.29. The van der Waals surface area contributed by atoms with Crippen LogP contribution in [0.4, 0.5) is 0 Å². The van der Waals surface area contributed by atoms with Gasteiger partial charge in [0.2, 0.25) is 5.91 Å². The molecule has 0 unspecified atom stereocenters. The second-order valence-electron chi connectivity index (χ2n) is 7.71. The van der Waals surface area contributed by atoms with E-state index in [0.717, 1.165) is 0 Å². The lowest BCUT2D eigenvalue weighted by molar-refractivity contribution is -0.131. The number of hydrogen-bond donors (Lipinski definition) is 0. The molecule has 4 rings (SSSR count). The molecule has 31 heavy (non-hydrogen) atoms. The third-order valence-corrected chi connectivity index (χ3v) is 8.44. The van der Waals surface area contributed by atoms with Crippen molar-refractivity contribution in [1.29, 1.82) is 0 Å². The lowest BCUT2D eigenvalue weighted by atomic mass is 10.2. The van der Waals surface area contributed by atoms with Crippen LogP contribution >= 0.6 is 11.8 Å². The Labute approximate surface area is 186 Å². The number of hydrogen-bond acceptors (Lipinski definition) is 8. The summed E-state index contributed by atoms with van der Waals surface area (Å²) in [5, 5.41) is 8.68. The van der Waals surface area contributed by atoms with Crippen molar-refractivity contribution in [3.8, 4) is 11.5 Å². The molecule has 1 amide bonds. The van der Waals surface area contributed by atoms with E-state index >= 15 is 0 Å². The molecule has 0 aliphatic carbocycles. The lowest BCUT2D eigenvalue weighted by Crippen LogP contribution is -2.44. The zero-order valence-electron chi connectivity index (χ0n) is 17.7. The van der Waals surface area contributed by atoms with E-state index in [0.29, 0.717) is 42.1 Å². The van der Waals surface area contributed by atoms with Crippen molar-refractivity contribution in [2.75, 3.05) is 24.7 Å². The van der Waals surface area contributed by atoms with Crippen LogP contribution in [0.3, 0.4) is 0 Å². The van der Waals surface area contributed by atoms with E-state index in [9.17, 15) is 13.2 Å². The molecule has 168 valence electrons. The van der Waals surface area contributed by atoms with Gasteiger partial charge >= 0.3 is 0 Å². The van der Waals surface area contributed by atoms with Gasteiger partial charge in [0.25, 0.3) is 0 Å². The maximum absolute atomic E-state index is 13.0. The second kappa shape index (κ2) is 8.70. The van der Waals surface area contributed by atoms with Gasteiger partial charge in [-0.2, -0.15) is 0 Å². The molecule has 11 heteroatoms. The molecule has 1 fully saturated rings. The third kappa shape index (κ3) is 4.52. The fourth-order valence-electron chi connectivity index (χ4n) is 3.91. The Morgan fingerprint density at radius 1 is 1.32 bits per heavy atom. The average molecular weight is 467 g/mol. The number of carbonyl (C=O) groups excluding carboxylic acids is 1. The largest absolute Gasteiger partial charge is 0.485 e. The molecule has 0 radical (unpaired) electrons. The highest BCUT2D eigenvalue weighted by molar-refractivity contribution is 8.00. The van der Waals surface area contributed by atoms with Gasteiger partial charge in [-0.3, -0.25) is 4.79 Å². The van der Waals surface area contributed by atoms with Gasteiger partial charge in [0.05, 0.1) is 16.8 Å². The minimum atomic E-state index is -3.06. The average Bonchev–Trinajstić information content (AvgIpc) is 3.30. The van der Waals surface area contributed by atoms with Gasteiger partial charge in [-0.1, -0.05) is 23.9 Å². The van der Waals surface area contributed by atoms with E-state index in [4.69, 9.17) is 9.47 Å². The molecule has 2 aliphatic rings. The van der Waals surface area contributed by atoms with Gasteiger partial charge in [-0.05, 0) is 32.4 Å². The summed E-state index contributed by atoms with van der Waals surface area (Å²) in [4.78, 5) is 14.7. The van der Waals surface area contributed by atoms with Crippen molar-refractivity contribution in [2.45, 2.75) is 42.8 Å². The van der Waals surface area contributed by atoms with Crippen LogP contribution < -0.4 is 9.47 Å². The summed E-state index contributed by atoms with van der Waals surface area (Å²) in [5.74, 6) is 2.06. The molecule has 9 nitrogen and oxygen atoms in total. The van der Waals surface area contributed by atoms with Crippen LogP contribution in [0.1, 0.15) is 32.2 Å². The summed E-state index contributed by atoms with van der Waals surface area (Å²) in [5.41, 5.74) is 0. The zero-order chi connectivity index (χ0) is 22.2. The van der Waals surface area contributed by atoms with Gasteiger partial charge in [0, 0.05) is 19.6 Å². The van der Waals surface area contributed by atoms with Crippen molar-refractivity contribution in [3.63, 3.8) is 0 Å². The summed E-state index contributed by atoms with van der Waals surface area (Å²) in [6, 6.07) is 7.21. The number of ether oxygens (including phenoxy) is 2. The molecule has 3 heterocycles. The second-order valence-corrected chi connectivity index (χ2v) is 11.2. The molecular formula is C20H26N4O5S2. The Balaban J connectivity index is 1.44. The molecule has 1 aromatic carbocycles. The topological polar surface area (TPSA) is 104 Å². The fourth-order valence-corrected chi connectivity index (χ4v) is 6.54. The van der Waals surface area contributed by atoms with E-state index in [1.165, 1.54) is 11.8 Å². The first-order chi connectivity index (χ1) is 14.8. The predicted molar refractivity (Wildman–Crippen MR) is 116 cm³/mol. The Bertz CT molecular complexity index is 1070. The number of aromatic nitrogens is 3. The van der Waals surface area contributed by atoms with Crippen molar-refractivity contribution in [1.82, 2.24) is 19.7 Å². The van der Waals surface area contributed by atoms with Crippen LogP contribution in [0.2, 0.25) is 0 Å². The van der Waals surface area contributed by atoms with Crippen molar-refractivity contribution in [2.24, 2.45) is 7.05 Å². The highest BCUT2D eigenvalue weighted by atomic mass is 32.2. The summed E-state index contributed by atoms with van der Waals surface area (Å²) in [6.45, 7) is 4.48. The normalized spacial score (nSPS) is 22.8. The predicted octanol–water partition coefficient (Wildman–Crippen LogP) is 1.84. The van der Waals surface area contributed by atoms with Crippen LogP contribution in [0.5, 0.6) is 11.5 Å². The maximum atomic E-state index is 13.0. The molecule has 2 aliphatic heterocycles.